The molecule has 0 radical (unpaired) electrons. The van der Waals surface area contributed by atoms with Crippen LogP contribution in [0.4, 0.5) is 13.2 Å². The quantitative estimate of drug-likeness (QED) is 0.313. The molecule has 3 nitrogen and oxygen atoms in total. The normalized spacial score (nSPS) is 12.3. The van der Waals surface area contributed by atoms with E-state index in [0.717, 1.165) is 38.6 Å². The van der Waals surface area contributed by atoms with Crippen molar-refractivity contribution in [1.29, 1.82) is 0 Å². The Morgan fingerprint density at radius 3 is 1.46 bits per heavy atom. The lowest BCUT2D eigenvalue weighted by molar-refractivity contribution is -0.344. The van der Waals surface area contributed by atoms with Crippen LogP contribution in [0.15, 0.2) is 48.6 Å². The largest absolute Gasteiger partial charge is 0.542 e. The molecule has 0 unspecified atom stereocenters. The lowest BCUT2D eigenvalue weighted by Gasteiger charge is -2.03. The number of hydrogen-bond donors (Lipinski definition) is 1. The van der Waals surface area contributed by atoms with Gasteiger partial charge in [0.2, 0.25) is 0 Å². The summed E-state index contributed by atoms with van der Waals surface area (Å²) in [6.07, 6.45) is 24.8. The number of carboxylic acid groups (broad SMARTS) is 1. The predicted octanol–water partition coefficient (Wildman–Crippen LogP) is 5.39. The minimum absolute atomic E-state index is 0.813. The second kappa shape index (κ2) is 21.5. The van der Waals surface area contributed by atoms with Gasteiger partial charge in [-0.05, 0) is 57.9 Å². The second-order valence-electron chi connectivity index (χ2n) is 6.16. The molecule has 0 aliphatic heterocycles. The highest BCUT2D eigenvalue weighted by molar-refractivity contribution is 5.70. The summed E-state index contributed by atoms with van der Waals surface area (Å²) in [6, 6.07) is 0. The molecule has 0 aliphatic rings. The monoisotopic (exact) mass is 402 g/mol. The minimum atomic E-state index is -5.19. The highest BCUT2D eigenvalue weighted by atomic mass is 19.4. The molecule has 0 rings (SSSR count). The number of alkyl halides is 3. The Bertz CT molecular complexity index is 437. The topological polar surface area (TPSA) is 66.2 Å². The van der Waals surface area contributed by atoms with Gasteiger partial charge >= 0.3 is 6.18 Å². The molecule has 162 valence electrons. The van der Waals surface area contributed by atoms with E-state index in [1.54, 1.807) is 0 Å². The van der Waals surface area contributed by atoms with Gasteiger partial charge in [0.15, 0.2) is 0 Å². The fourth-order valence-corrected chi connectivity index (χ4v) is 1.97. The van der Waals surface area contributed by atoms with Crippen LogP contribution in [0.5, 0.6) is 0 Å². The molecule has 0 aromatic rings. The molecule has 0 fully saturated rings. The van der Waals surface area contributed by atoms with Gasteiger partial charge in [-0.2, -0.15) is 13.2 Å². The van der Waals surface area contributed by atoms with Crippen molar-refractivity contribution in [1.82, 2.24) is 0 Å². The number of aliphatic carboxylic acids is 1. The number of hydrogen-bond acceptors (Lipinski definition) is 3. The van der Waals surface area contributed by atoms with E-state index >= 15 is 0 Å². The molecule has 0 aliphatic carbocycles. The zero-order valence-electron chi connectivity index (χ0n) is 16.9. The third kappa shape index (κ3) is 26.4. The summed E-state index contributed by atoms with van der Waals surface area (Å²) in [6.45, 7) is 3.06. The van der Waals surface area contributed by atoms with Crippen molar-refractivity contribution in [2.24, 2.45) is 5.73 Å². The summed E-state index contributed by atoms with van der Waals surface area (Å²) >= 11 is 0. The number of unbranched alkanes of at least 4 members (excludes halogenated alkanes) is 5. The van der Waals surface area contributed by atoms with E-state index in [1.165, 1.54) is 32.1 Å². The minimum Gasteiger partial charge on any atom is -0.542 e. The lowest BCUT2D eigenvalue weighted by atomic mass is 10.2. The van der Waals surface area contributed by atoms with Gasteiger partial charge in [0.1, 0.15) is 5.97 Å². The lowest BCUT2D eigenvalue weighted by Crippen LogP contribution is -2.37. The molecule has 0 aromatic heterocycles. The molecule has 0 atom stereocenters. The Morgan fingerprint density at radius 1 is 0.786 bits per heavy atom. The number of allylic oxidation sites excluding steroid dienone is 8. The molecular weight excluding hydrogens is 367 g/mol. The van der Waals surface area contributed by atoms with E-state index in [9.17, 15) is 13.2 Å². The maximum Gasteiger partial charge on any atom is 0.430 e. The average molecular weight is 403 g/mol. The van der Waals surface area contributed by atoms with Crippen molar-refractivity contribution < 1.29 is 23.1 Å². The number of carbonyl (C=O) groups is 1. The third-order valence-electron chi connectivity index (χ3n) is 3.51. The molecule has 0 aromatic carbocycles. The maximum atomic E-state index is 10.5. The Labute approximate surface area is 167 Å². The number of halogens is 3. The van der Waals surface area contributed by atoms with E-state index in [2.05, 4.69) is 55.5 Å². The molecule has 28 heavy (non-hydrogen) atoms. The van der Waals surface area contributed by atoms with Gasteiger partial charge in [0.25, 0.3) is 0 Å². The summed E-state index contributed by atoms with van der Waals surface area (Å²) in [5.74, 6) is -3.01. The number of nitrogens with two attached hydrogens (primary N) is 1. The van der Waals surface area contributed by atoms with Crippen molar-refractivity contribution in [3.05, 3.63) is 48.6 Å². The highest BCUT2D eigenvalue weighted by Gasteiger charge is 2.28. The predicted molar refractivity (Wildman–Crippen MR) is 109 cm³/mol. The first-order valence-electron chi connectivity index (χ1n) is 9.94. The Kier molecular flexibility index (Phi) is 21.8. The summed E-state index contributed by atoms with van der Waals surface area (Å²) < 4.78 is 31.5. The average Bonchev–Trinajstić information content (AvgIpc) is 2.64. The van der Waals surface area contributed by atoms with Crippen LogP contribution in [0.25, 0.3) is 0 Å². The fourth-order valence-electron chi connectivity index (χ4n) is 1.97. The zero-order chi connectivity index (χ0) is 21.5. The first kappa shape index (κ1) is 28.4. The van der Waals surface area contributed by atoms with E-state index < -0.39 is 12.1 Å². The summed E-state index contributed by atoms with van der Waals surface area (Å²) in [4.78, 5) is 8.78. The second-order valence-corrected chi connectivity index (χ2v) is 6.16. The van der Waals surface area contributed by atoms with Crippen molar-refractivity contribution in [2.75, 3.05) is 6.54 Å². The molecule has 0 saturated carbocycles. The SMILES string of the molecule is CCCCC/C=C\C/C=C\C/C=C\C/C=C\CCCCN.O=C([O-])C(F)(F)F. The Hall–Kier alpha value is -1.82. The van der Waals surface area contributed by atoms with Crippen LogP contribution in [-0.2, 0) is 4.79 Å². The van der Waals surface area contributed by atoms with Crippen molar-refractivity contribution >= 4 is 5.97 Å². The van der Waals surface area contributed by atoms with Gasteiger partial charge in [0.05, 0.1) is 0 Å². The molecule has 0 heterocycles. The fraction of sp³-hybridized carbons (Fsp3) is 0.591. The molecular formula is C22H35F3NO2-. The summed E-state index contributed by atoms with van der Waals surface area (Å²) in [7, 11) is 0. The molecule has 2 N–H and O–H groups in total. The van der Waals surface area contributed by atoms with Gasteiger partial charge in [-0.3, -0.25) is 0 Å². The van der Waals surface area contributed by atoms with Crippen LogP contribution in [0.3, 0.4) is 0 Å². The molecule has 0 amide bonds. The van der Waals surface area contributed by atoms with E-state index in [4.69, 9.17) is 15.6 Å². The number of carbonyl (C=O) groups excluding carboxylic acids is 1. The van der Waals surface area contributed by atoms with Crippen LogP contribution in [0.1, 0.15) is 71.1 Å². The van der Waals surface area contributed by atoms with Crippen LogP contribution in [0, 0.1) is 0 Å². The maximum absolute atomic E-state index is 10.5. The molecule has 0 saturated heterocycles. The first-order chi connectivity index (χ1) is 13.4. The third-order valence-corrected chi connectivity index (χ3v) is 3.51. The van der Waals surface area contributed by atoms with E-state index in [0.29, 0.717) is 0 Å². The standard InChI is InChI=1S/C20H35N.C2HF3O2/c1-2-3-4-5-6-7-8-9-10-11-12-13-14-15-16-17-18-19-20-21;3-2(4,5)1(6)7/h6-7,9-10,12-13,15-16H,2-5,8,11,14,17-21H2,1H3;(H,6,7)/p-1/b7-6-,10-9-,13-12-,16-15-;. The smallest absolute Gasteiger partial charge is 0.430 e. The molecule has 0 bridgehead atoms. The van der Waals surface area contributed by atoms with E-state index in [-0.39, 0.29) is 0 Å². The van der Waals surface area contributed by atoms with Crippen LogP contribution < -0.4 is 10.8 Å². The van der Waals surface area contributed by atoms with Crippen molar-refractivity contribution in [3.63, 3.8) is 0 Å². The van der Waals surface area contributed by atoms with Gasteiger partial charge in [-0.25, -0.2) is 0 Å². The summed E-state index contributed by atoms with van der Waals surface area (Å²) in [5, 5.41) is 8.78. The zero-order valence-corrected chi connectivity index (χ0v) is 16.9. The summed E-state index contributed by atoms with van der Waals surface area (Å²) in [5.41, 5.74) is 5.45. The van der Waals surface area contributed by atoms with E-state index in [1.807, 2.05) is 0 Å². The van der Waals surface area contributed by atoms with Crippen LogP contribution in [-0.4, -0.2) is 18.7 Å². The first-order valence-corrected chi connectivity index (χ1v) is 9.94. The van der Waals surface area contributed by atoms with Gasteiger partial charge < -0.3 is 15.6 Å². The van der Waals surface area contributed by atoms with Crippen LogP contribution in [0.2, 0.25) is 0 Å². The Morgan fingerprint density at radius 2 is 1.14 bits per heavy atom. The van der Waals surface area contributed by atoms with Gasteiger partial charge in [-0.15, -0.1) is 0 Å². The number of carboxylic acids is 1. The molecule has 0 spiro atoms. The van der Waals surface area contributed by atoms with Crippen molar-refractivity contribution in [2.45, 2.75) is 77.3 Å². The highest BCUT2D eigenvalue weighted by Crippen LogP contribution is 2.11. The van der Waals surface area contributed by atoms with Crippen LogP contribution >= 0.6 is 0 Å². The van der Waals surface area contributed by atoms with Crippen molar-refractivity contribution in [3.8, 4) is 0 Å². The Balaban J connectivity index is 0. The van der Waals surface area contributed by atoms with Gasteiger partial charge in [0, 0.05) is 0 Å². The van der Waals surface area contributed by atoms with Gasteiger partial charge in [-0.1, -0.05) is 68.4 Å². The molecule has 6 heteroatoms. The number of rotatable bonds is 14.